The molecule has 1 N–H and O–H groups in total. The van der Waals surface area contributed by atoms with E-state index in [4.69, 9.17) is 4.42 Å². The Bertz CT molecular complexity index is 569. The number of rotatable bonds is 4. The van der Waals surface area contributed by atoms with Crippen molar-refractivity contribution in [2.45, 2.75) is 39.8 Å². The maximum absolute atomic E-state index is 5.56. The number of hydrogen-bond acceptors (Lipinski definition) is 4. The quantitative estimate of drug-likeness (QED) is 0.923. The van der Waals surface area contributed by atoms with Gasteiger partial charge in [0.05, 0.1) is 5.69 Å². The van der Waals surface area contributed by atoms with Crippen molar-refractivity contribution in [3.05, 3.63) is 41.8 Å². The molecule has 0 atom stereocenters. The van der Waals surface area contributed by atoms with Crippen LogP contribution in [0.3, 0.4) is 0 Å². The molecule has 4 nitrogen and oxygen atoms in total. The summed E-state index contributed by atoms with van der Waals surface area (Å²) in [6.45, 7) is 9.17. The Balaban J connectivity index is 2.08. The molecular weight excluding hydrogens is 250 g/mol. The lowest BCUT2D eigenvalue weighted by atomic mass is 10.1. The number of aromatic nitrogens is 1. The number of benzene rings is 1. The number of anilines is 2. The fraction of sp³-hybridized carbons (Fsp3) is 0.438. The molecule has 4 heteroatoms. The third-order valence-corrected chi connectivity index (χ3v) is 3.02. The molecular formula is C16H23N3O. The van der Waals surface area contributed by atoms with Crippen molar-refractivity contribution in [3.8, 4) is 0 Å². The van der Waals surface area contributed by atoms with E-state index in [0.717, 1.165) is 11.4 Å². The minimum Gasteiger partial charge on any atom is -0.431 e. The van der Waals surface area contributed by atoms with Crippen LogP contribution in [0.4, 0.5) is 11.7 Å². The van der Waals surface area contributed by atoms with Crippen LogP contribution in [0.25, 0.3) is 0 Å². The largest absolute Gasteiger partial charge is 0.431 e. The minimum atomic E-state index is 0.0710. The molecule has 0 saturated carbocycles. The lowest BCUT2D eigenvalue weighted by molar-refractivity contribution is 0.421. The molecule has 0 aliphatic rings. The van der Waals surface area contributed by atoms with Crippen LogP contribution in [-0.4, -0.2) is 17.6 Å². The van der Waals surface area contributed by atoms with Gasteiger partial charge in [-0.2, -0.15) is 4.98 Å². The van der Waals surface area contributed by atoms with Crippen LogP contribution < -0.4 is 10.2 Å². The van der Waals surface area contributed by atoms with E-state index < -0.39 is 0 Å². The second-order valence-corrected chi connectivity index (χ2v) is 6.12. The Morgan fingerprint density at radius 1 is 1.30 bits per heavy atom. The summed E-state index contributed by atoms with van der Waals surface area (Å²) in [5.41, 5.74) is 3.27. The van der Waals surface area contributed by atoms with E-state index in [1.165, 1.54) is 5.56 Å². The van der Waals surface area contributed by atoms with Crippen molar-refractivity contribution in [2.75, 3.05) is 11.9 Å². The maximum Gasteiger partial charge on any atom is 0.301 e. The molecule has 0 spiro atoms. The van der Waals surface area contributed by atoms with Gasteiger partial charge in [0.1, 0.15) is 6.26 Å². The van der Waals surface area contributed by atoms with Gasteiger partial charge in [-0.3, -0.25) is 4.90 Å². The van der Waals surface area contributed by atoms with Crippen molar-refractivity contribution in [3.63, 3.8) is 0 Å². The molecule has 0 bridgehead atoms. The van der Waals surface area contributed by atoms with Crippen LogP contribution in [0.15, 0.2) is 34.9 Å². The van der Waals surface area contributed by atoms with Crippen molar-refractivity contribution in [1.82, 2.24) is 10.3 Å². The van der Waals surface area contributed by atoms with Crippen LogP contribution in [0.5, 0.6) is 0 Å². The first-order chi connectivity index (χ1) is 9.35. The molecule has 0 saturated heterocycles. The van der Waals surface area contributed by atoms with Gasteiger partial charge in [-0.1, -0.05) is 12.1 Å². The van der Waals surface area contributed by atoms with E-state index >= 15 is 0 Å². The predicted octanol–water partition coefficient (Wildman–Crippen LogP) is 3.64. The first-order valence-electron chi connectivity index (χ1n) is 6.85. The first-order valence-corrected chi connectivity index (χ1v) is 6.85. The molecule has 1 aromatic carbocycles. The summed E-state index contributed by atoms with van der Waals surface area (Å²) < 4.78 is 5.56. The van der Waals surface area contributed by atoms with Crippen LogP contribution in [0.1, 0.15) is 32.0 Å². The molecule has 2 aromatic rings. The van der Waals surface area contributed by atoms with Gasteiger partial charge in [0.25, 0.3) is 0 Å². The van der Waals surface area contributed by atoms with Gasteiger partial charge in [0.15, 0.2) is 0 Å². The van der Waals surface area contributed by atoms with Crippen LogP contribution in [0, 0.1) is 6.92 Å². The van der Waals surface area contributed by atoms with E-state index in [-0.39, 0.29) is 5.54 Å². The zero-order chi connectivity index (χ0) is 14.8. The number of aryl methyl sites for hydroxylation is 1. The SMILES string of the molecule is Cc1cccc(N(C)c2nc(CNC(C)(C)C)co2)c1. The fourth-order valence-corrected chi connectivity index (χ4v) is 1.83. The Hall–Kier alpha value is -1.81. The Morgan fingerprint density at radius 3 is 2.70 bits per heavy atom. The van der Waals surface area contributed by atoms with E-state index in [1.54, 1.807) is 6.26 Å². The topological polar surface area (TPSA) is 41.3 Å². The lowest BCUT2D eigenvalue weighted by Gasteiger charge is -2.19. The van der Waals surface area contributed by atoms with Crippen molar-refractivity contribution in [1.29, 1.82) is 0 Å². The number of nitrogens with zero attached hydrogens (tertiary/aromatic N) is 2. The van der Waals surface area contributed by atoms with Crippen LogP contribution >= 0.6 is 0 Å². The molecule has 0 unspecified atom stereocenters. The Morgan fingerprint density at radius 2 is 2.05 bits per heavy atom. The summed E-state index contributed by atoms with van der Waals surface area (Å²) in [6, 6.07) is 8.88. The molecule has 0 amide bonds. The highest BCUT2D eigenvalue weighted by Crippen LogP contribution is 2.23. The summed E-state index contributed by atoms with van der Waals surface area (Å²) in [4.78, 5) is 6.47. The van der Waals surface area contributed by atoms with E-state index in [9.17, 15) is 0 Å². The van der Waals surface area contributed by atoms with Gasteiger partial charge in [-0.05, 0) is 45.4 Å². The number of oxazole rings is 1. The third-order valence-electron chi connectivity index (χ3n) is 3.02. The van der Waals surface area contributed by atoms with Crippen LogP contribution in [0.2, 0.25) is 0 Å². The fourth-order valence-electron chi connectivity index (χ4n) is 1.83. The molecule has 2 rings (SSSR count). The highest BCUT2D eigenvalue weighted by Gasteiger charge is 2.13. The van der Waals surface area contributed by atoms with Gasteiger partial charge < -0.3 is 9.73 Å². The number of hydrogen-bond donors (Lipinski definition) is 1. The highest BCUT2D eigenvalue weighted by atomic mass is 16.4. The smallest absolute Gasteiger partial charge is 0.301 e. The zero-order valence-electron chi connectivity index (χ0n) is 12.9. The summed E-state index contributed by atoms with van der Waals surface area (Å²) >= 11 is 0. The normalized spacial score (nSPS) is 11.7. The molecule has 1 aromatic heterocycles. The Labute approximate surface area is 120 Å². The summed E-state index contributed by atoms with van der Waals surface area (Å²) in [5, 5.41) is 3.40. The van der Waals surface area contributed by atoms with Crippen molar-refractivity contribution in [2.24, 2.45) is 0 Å². The van der Waals surface area contributed by atoms with E-state index in [0.29, 0.717) is 12.6 Å². The van der Waals surface area contributed by atoms with Gasteiger partial charge in [0, 0.05) is 24.8 Å². The molecule has 0 fully saturated rings. The zero-order valence-corrected chi connectivity index (χ0v) is 12.9. The van der Waals surface area contributed by atoms with Gasteiger partial charge in [-0.25, -0.2) is 0 Å². The molecule has 0 aliphatic heterocycles. The van der Waals surface area contributed by atoms with E-state index in [1.807, 2.05) is 24.1 Å². The van der Waals surface area contributed by atoms with Crippen molar-refractivity contribution < 1.29 is 4.42 Å². The highest BCUT2D eigenvalue weighted by molar-refractivity contribution is 5.56. The summed E-state index contributed by atoms with van der Waals surface area (Å²) in [5.74, 6) is 0. The molecule has 20 heavy (non-hydrogen) atoms. The average molecular weight is 273 g/mol. The standard InChI is InChI=1S/C16H23N3O/c1-12-7-6-8-14(9-12)19(5)15-18-13(11-20-15)10-17-16(2,3)4/h6-9,11,17H,10H2,1-5H3. The number of nitrogens with one attached hydrogen (secondary N) is 1. The second kappa shape index (κ2) is 5.67. The minimum absolute atomic E-state index is 0.0710. The lowest BCUT2D eigenvalue weighted by Crippen LogP contribution is -2.35. The molecule has 108 valence electrons. The summed E-state index contributed by atoms with van der Waals surface area (Å²) in [6.07, 6.45) is 1.71. The van der Waals surface area contributed by atoms with Gasteiger partial charge in [0.2, 0.25) is 0 Å². The molecule has 0 aliphatic carbocycles. The third kappa shape index (κ3) is 3.84. The maximum atomic E-state index is 5.56. The predicted molar refractivity (Wildman–Crippen MR) is 82.3 cm³/mol. The van der Waals surface area contributed by atoms with Crippen molar-refractivity contribution >= 4 is 11.7 Å². The van der Waals surface area contributed by atoms with E-state index in [2.05, 4.69) is 50.1 Å². The monoisotopic (exact) mass is 273 g/mol. The van der Waals surface area contributed by atoms with Crippen LogP contribution in [-0.2, 0) is 6.54 Å². The first kappa shape index (κ1) is 14.6. The molecule has 0 radical (unpaired) electrons. The average Bonchev–Trinajstić information content (AvgIpc) is 2.83. The second-order valence-electron chi connectivity index (χ2n) is 6.12. The Kier molecular flexibility index (Phi) is 4.14. The van der Waals surface area contributed by atoms with Gasteiger partial charge >= 0.3 is 6.01 Å². The molecule has 1 heterocycles. The summed E-state index contributed by atoms with van der Waals surface area (Å²) in [7, 11) is 1.96. The van der Waals surface area contributed by atoms with Gasteiger partial charge in [-0.15, -0.1) is 0 Å².